The normalized spacial score (nSPS) is 28.8. The summed E-state index contributed by atoms with van der Waals surface area (Å²) < 4.78 is 4.66. The average molecular weight is 293 g/mol. The zero-order valence-electron chi connectivity index (χ0n) is 10.2. The van der Waals surface area contributed by atoms with Crippen LogP contribution in [-0.4, -0.2) is 55.5 Å². The summed E-state index contributed by atoms with van der Waals surface area (Å²) in [4.78, 5) is 13.3. The second kappa shape index (κ2) is 6.57. The lowest BCUT2D eigenvalue weighted by molar-refractivity contribution is -0.139. The van der Waals surface area contributed by atoms with Crippen molar-refractivity contribution in [2.75, 3.05) is 33.8 Å². The molecule has 1 saturated heterocycles. The molecule has 0 bridgehead atoms. The first kappa shape index (κ1) is 13.9. The molecule has 1 heterocycles. The van der Waals surface area contributed by atoms with Crippen LogP contribution in [0.25, 0.3) is 0 Å². The van der Waals surface area contributed by atoms with E-state index in [1.54, 1.807) is 0 Å². The Hall–Kier alpha value is -0.130. The van der Waals surface area contributed by atoms with Crippen LogP contribution in [0.4, 0.5) is 0 Å². The van der Waals surface area contributed by atoms with Gasteiger partial charge in [-0.1, -0.05) is 22.9 Å². The predicted octanol–water partition coefficient (Wildman–Crippen LogP) is 0.853. The number of ether oxygens (including phenoxy) is 1. The van der Waals surface area contributed by atoms with Gasteiger partial charge in [0.25, 0.3) is 0 Å². The average Bonchev–Trinajstić information content (AvgIpc) is 2.26. The Morgan fingerprint density at radius 2 is 2.38 bits per heavy atom. The minimum atomic E-state index is -0.246. The smallest absolute Gasteiger partial charge is 0.320 e. The molecule has 0 saturated carbocycles. The molecule has 1 fully saturated rings. The number of rotatable bonds is 4. The maximum absolute atomic E-state index is 11.2. The van der Waals surface area contributed by atoms with Crippen molar-refractivity contribution in [2.45, 2.75) is 24.2 Å². The zero-order valence-corrected chi connectivity index (χ0v) is 11.8. The summed E-state index contributed by atoms with van der Waals surface area (Å²) >= 11 is 3.31. The summed E-state index contributed by atoms with van der Waals surface area (Å²) in [5.74, 6) is 0.407. The van der Waals surface area contributed by atoms with Crippen molar-refractivity contribution in [3.05, 3.63) is 0 Å². The lowest BCUT2D eigenvalue weighted by atomic mass is 9.94. The van der Waals surface area contributed by atoms with Crippen LogP contribution in [-0.2, 0) is 9.53 Å². The number of nitrogens with zero attached hydrogens (tertiary/aromatic N) is 1. The van der Waals surface area contributed by atoms with Gasteiger partial charge in [-0.2, -0.15) is 0 Å². The van der Waals surface area contributed by atoms with E-state index >= 15 is 0 Å². The van der Waals surface area contributed by atoms with E-state index in [1.807, 2.05) is 0 Å². The molecule has 1 aliphatic heterocycles. The number of esters is 1. The number of methoxy groups -OCH3 is 1. The predicted molar refractivity (Wildman–Crippen MR) is 67.8 cm³/mol. The third-order valence-corrected chi connectivity index (χ3v) is 3.82. The van der Waals surface area contributed by atoms with E-state index in [9.17, 15) is 4.79 Å². The quantitative estimate of drug-likeness (QED) is 0.616. The van der Waals surface area contributed by atoms with Crippen molar-refractivity contribution in [3.63, 3.8) is 0 Å². The van der Waals surface area contributed by atoms with Gasteiger partial charge in [-0.15, -0.1) is 0 Å². The van der Waals surface area contributed by atoms with Crippen molar-refractivity contribution in [1.82, 2.24) is 10.2 Å². The van der Waals surface area contributed by atoms with Gasteiger partial charge in [0.1, 0.15) is 4.83 Å². The highest BCUT2D eigenvalue weighted by molar-refractivity contribution is 9.10. The number of carbonyl (C=O) groups excluding carboxylic acids is 1. The summed E-state index contributed by atoms with van der Waals surface area (Å²) in [5.41, 5.74) is 0. The molecule has 3 unspecified atom stereocenters. The van der Waals surface area contributed by atoms with Crippen LogP contribution in [0.1, 0.15) is 13.3 Å². The molecule has 0 aromatic heterocycles. The van der Waals surface area contributed by atoms with E-state index in [0.29, 0.717) is 18.5 Å². The highest BCUT2D eigenvalue weighted by Crippen LogP contribution is 2.15. The summed E-state index contributed by atoms with van der Waals surface area (Å²) in [6.45, 7) is 5.11. The largest absolute Gasteiger partial charge is 0.468 e. The third-order valence-electron chi connectivity index (χ3n) is 3.12. The van der Waals surface area contributed by atoms with Gasteiger partial charge in [0.05, 0.1) is 7.11 Å². The zero-order chi connectivity index (χ0) is 12.1. The second-order valence-electron chi connectivity index (χ2n) is 4.53. The molecule has 0 amide bonds. The lowest BCUT2D eigenvalue weighted by Gasteiger charge is -2.35. The number of halogens is 1. The van der Waals surface area contributed by atoms with E-state index in [2.05, 4.69) is 44.9 Å². The molecule has 4 nitrogen and oxygen atoms in total. The van der Waals surface area contributed by atoms with Crippen LogP contribution in [0.5, 0.6) is 0 Å². The molecule has 16 heavy (non-hydrogen) atoms. The molecule has 0 radical (unpaired) electrons. The van der Waals surface area contributed by atoms with Crippen LogP contribution < -0.4 is 5.32 Å². The number of piperidine rings is 1. The Balaban J connectivity index is 2.29. The minimum Gasteiger partial charge on any atom is -0.468 e. The monoisotopic (exact) mass is 292 g/mol. The molecular formula is C11H21BrN2O2. The van der Waals surface area contributed by atoms with Crippen molar-refractivity contribution < 1.29 is 9.53 Å². The van der Waals surface area contributed by atoms with Crippen LogP contribution in [0.3, 0.4) is 0 Å². The van der Waals surface area contributed by atoms with E-state index in [1.165, 1.54) is 7.11 Å². The molecule has 0 aliphatic carbocycles. The minimum absolute atomic E-state index is 0.215. The van der Waals surface area contributed by atoms with Gasteiger partial charge >= 0.3 is 5.97 Å². The number of carbonyl (C=O) groups is 1. The van der Waals surface area contributed by atoms with E-state index in [-0.39, 0.29) is 10.8 Å². The fourth-order valence-corrected chi connectivity index (χ4v) is 2.50. The van der Waals surface area contributed by atoms with E-state index < -0.39 is 0 Å². The fraction of sp³-hybridized carbons (Fsp3) is 0.909. The Labute approximate surface area is 106 Å². The molecule has 1 rings (SSSR count). The van der Waals surface area contributed by atoms with Crippen LogP contribution in [0.2, 0.25) is 0 Å². The molecule has 94 valence electrons. The first-order chi connectivity index (χ1) is 7.54. The summed E-state index contributed by atoms with van der Waals surface area (Å²) in [6.07, 6.45) is 1.14. The number of hydrogen-bond donors (Lipinski definition) is 1. The number of hydrogen-bond acceptors (Lipinski definition) is 4. The maximum Gasteiger partial charge on any atom is 0.320 e. The van der Waals surface area contributed by atoms with Crippen molar-refractivity contribution in [2.24, 2.45) is 5.92 Å². The van der Waals surface area contributed by atoms with Gasteiger partial charge < -0.3 is 15.0 Å². The van der Waals surface area contributed by atoms with Crippen LogP contribution in [0.15, 0.2) is 0 Å². The molecule has 1 aliphatic rings. The maximum atomic E-state index is 11.2. The molecule has 0 spiro atoms. The first-order valence-corrected chi connectivity index (χ1v) is 6.60. The number of nitrogens with one attached hydrogen (secondary N) is 1. The van der Waals surface area contributed by atoms with Gasteiger partial charge in [-0.05, 0) is 25.9 Å². The summed E-state index contributed by atoms with van der Waals surface area (Å²) in [7, 11) is 3.56. The third kappa shape index (κ3) is 4.03. The summed E-state index contributed by atoms with van der Waals surface area (Å²) in [6, 6.07) is 0.501. The molecule has 3 atom stereocenters. The number of alkyl halides is 1. The molecular weight excluding hydrogens is 272 g/mol. The Bertz CT molecular complexity index is 238. The topological polar surface area (TPSA) is 41.6 Å². The van der Waals surface area contributed by atoms with Crippen LogP contribution in [0, 0.1) is 5.92 Å². The highest BCUT2D eigenvalue weighted by atomic mass is 79.9. The van der Waals surface area contributed by atoms with Crippen molar-refractivity contribution in [1.29, 1.82) is 0 Å². The van der Waals surface area contributed by atoms with Gasteiger partial charge in [0, 0.05) is 19.1 Å². The van der Waals surface area contributed by atoms with Crippen molar-refractivity contribution in [3.8, 4) is 0 Å². The van der Waals surface area contributed by atoms with Gasteiger partial charge in [-0.3, -0.25) is 4.79 Å². The highest BCUT2D eigenvalue weighted by Gasteiger charge is 2.25. The van der Waals surface area contributed by atoms with Crippen LogP contribution >= 0.6 is 15.9 Å². The molecule has 0 aromatic carbocycles. The van der Waals surface area contributed by atoms with Crippen molar-refractivity contribution >= 4 is 21.9 Å². The molecule has 5 heteroatoms. The fourth-order valence-electron chi connectivity index (χ4n) is 2.12. The van der Waals surface area contributed by atoms with Gasteiger partial charge in [0.2, 0.25) is 0 Å². The second-order valence-corrected chi connectivity index (χ2v) is 5.64. The SMILES string of the molecule is COC(=O)C(Br)CNC1CCN(C)CC1C. The Morgan fingerprint density at radius 3 is 2.94 bits per heavy atom. The number of likely N-dealkylation sites (tertiary alicyclic amines) is 1. The van der Waals surface area contributed by atoms with E-state index in [0.717, 1.165) is 19.5 Å². The lowest BCUT2D eigenvalue weighted by Crippen LogP contribution is -2.48. The Morgan fingerprint density at radius 1 is 1.69 bits per heavy atom. The first-order valence-electron chi connectivity index (χ1n) is 5.68. The molecule has 1 N–H and O–H groups in total. The molecule has 0 aromatic rings. The van der Waals surface area contributed by atoms with Gasteiger partial charge in [0.15, 0.2) is 0 Å². The van der Waals surface area contributed by atoms with Gasteiger partial charge in [-0.25, -0.2) is 0 Å². The summed E-state index contributed by atoms with van der Waals surface area (Å²) in [5, 5.41) is 3.43. The van der Waals surface area contributed by atoms with E-state index in [4.69, 9.17) is 0 Å². The standard InChI is InChI=1S/C11H21BrN2O2/c1-8-7-14(2)5-4-10(8)13-6-9(12)11(15)16-3/h8-10,13H,4-7H2,1-3H3. The Kier molecular flexibility index (Phi) is 5.72.